The van der Waals surface area contributed by atoms with Gasteiger partial charge in [-0.15, -0.1) is 0 Å². The van der Waals surface area contributed by atoms with Gasteiger partial charge in [-0.3, -0.25) is 0 Å². The molecule has 0 saturated heterocycles. The fourth-order valence-corrected chi connectivity index (χ4v) is 10.4. The van der Waals surface area contributed by atoms with Gasteiger partial charge in [-0.25, -0.2) is 0 Å². The molecule has 0 N–H and O–H groups in total. The second kappa shape index (κ2) is 10.5. The van der Waals surface area contributed by atoms with Gasteiger partial charge in [0.05, 0.1) is 14.2 Å². The minimum absolute atomic E-state index is 0.497. The molecule has 3 rings (SSSR count). The molecule has 3 unspecified atom stereocenters. The van der Waals surface area contributed by atoms with Crippen LogP contribution in [0.2, 0.25) is 0 Å². The van der Waals surface area contributed by atoms with Gasteiger partial charge >= 0.3 is 0 Å². The lowest BCUT2D eigenvalue weighted by atomic mass is 9.99. The van der Waals surface area contributed by atoms with Crippen molar-refractivity contribution in [3.05, 3.63) is 46.5 Å². The lowest BCUT2D eigenvalue weighted by molar-refractivity contribution is 0.234. The Morgan fingerprint density at radius 3 is 1.59 bits per heavy atom. The van der Waals surface area contributed by atoms with Crippen LogP contribution in [0.25, 0.3) is 0 Å². The Morgan fingerprint density at radius 2 is 1.25 bits per heavy atom. The third-order valence-corrected chi connectivity index (χ3v) is 11.8. The van der Waals surface area contributed by atoms with Crippen molar-refractivity contribution in [2.75, 3.05) is 28.3 Å². The van der Waals surface area contributed by atoms with E-state index in [1.54, 1.807) is 14.2 Å². The number of methoxy groups -OCH3 is 2. The third kappa shape index (κ3) is 4.88. The maximum absolute atomic E-state index is 5.68. The summed E-state index contributed by atoms with van der Waals surface area (Å²) in [5.41, 5.74) is 5.48. The first-order valence-electron chi connectivity index (χ1n) is 11.5. The van der Waals surface area contributed by atoms with Crippen molar-refractivity contribution < 1.29 is 9.47 Å². The van der Waals surface area contributed by atoms with Gasteiger partial charge in [0.15, 0.2) is 0 Å². The largest absolute Gasteiger partial charge is 0.496 e. The molecule has 0 radical (unpaired) electrons. The Hall–Kier alpha value is -1.09. The third-order valence-electron chi connectivity index (χ3n) is 7.19. The molecular formula is C27H39BrNO2P. The van der Waals surface area contributed by atoms with E-state index in [1.165, 1.54) is 45.7 Å². The zero-order valence-corrected chi connectivity index (χ0v) is 23.6. The highest BCUT2D eigenvalue weighted by molar-refractivity contribution is 9.09. The molecule has 3 nitrogen and oxygen atoms in total. The van der Waals surface area contributed by atoms with Crippen molar-refractivity contribution in [3.63, 3.8) is 0 Å². The molecule has 0 aliphatic heterocycles. The van der Waals surface area contributed by atoms with E-state index in [0.717, 1.165) is 11.5 Å². The maximum atomic E-state index is 5.68. The van der Waals surface area contributed by atoms with Crippen molar-refractivity contribution in [1.82, 2.24) is 4.90 Å². The number of hydrogen-bond donors (Lipinski definition) is 0. The van der Waals surface area contributed by atoms with Gasteiger partial charge in [0.2, 0.25) is 0 Å². The number of ether oxygens (including phenoxy) is 2. The highest BCUT2D eigenvalue weighted by atomic mass is 79.9. The van der Waals surface area contributed by atoms with Gasteiger partial charge in [0.25, 0.3) is 0 Å². The lowest BCUT2D eigenvalue weighted by Gasteiger charge is -2.33. The summed E-state index contributed by atoms with van der Waals surface area (Å²) < 4.78 is 11.4. The van der Waals surface area contributed by atoms with Crippen LogP contribution in [0.3, 0.4) is 0 Å². The summed E-state index contributed by atoms with van der Waals surface area (Å²) in [6, 6.07) is 10.0. The zero-order valence-electron chi connectivity index (χ0n) is 21.1. The highest BCUT2D eigenvalue weighted by Crippen LogP contribution is 2.53. The second-order valence-corrected chi connectivity index (χ2v) is 13.0. The van der Waals surface area contributed by atoms with E-state index in [0.29, 0.717) is 22.4 Å². The van der Waals surface area contributed by atoms with Crippen LogP contribution in [0.4, 0.5) is 0 Å². The molecule has 1 aliphatic rings. The molecule has 32 heavy (non-hydrogen) atoms. The van der Waals surface area contributed by atoms with Gasteiger partial charge in [0, 0.05) is 16.5 Å². The Morgan fingerprint density at radius 1 is 0.844 bits per heavy atom. The van der Waals surface area contributed by atoms with E-state index in [-0.39, 0.29) is 0 Å². The van der Waals surface area contributed by atoms with Gasteiger partial charge in [0.1, 0.15) is 11.5 Å². The molecule has 176 valence electrons. The van der Waals surface area contributed by atoms with Crippen LogP contribution in [-0.2, 0) is 0 Å². The fourth-order valence-electron chi connectivity index (χ4n) is 5.44. The number of alkyl halides is 1. The molecule has 2 aromatic rings. The van der Waals surface area contributed by atoms with E-state index in [2.05, 4.69) is 93.8 Å². The molecule has 5 heteroatoms. The standard InChI is InChI=1S/C27H39BrNO2P/c1-16-12-21(13-17(2)26(16)30-8)32(22-14-18(3)27(31-9)19(4)15-22)24-11-10-23(25(24)28)20(5)29(6)7/h12-15,20,23-25H,10-11H2,1-9H3/t20-,23?,24?,25?/m1/s1. The van der Waals surface area contributed by atoms with E-state index in [4.69, 9.17) is 9.47 Å². The number of nitrogens with zero attached hydrogens (tertiary/aromatic N) is 1. The van der Waals surface area contributed by atoms with Gasteiger partial charge in [-0.2, -0.15) is 0 Å². The first kappa shape index (κ1) is 25.5. The monoisotopic (exact) mass is 519 g/mol. The molecule has 2 aromatic carbocycles. The molecule has 1 fully saturated rings. The first-order valence-corrected chi connectivity index (χ1v) is 13.8. The van der Waals surface area contributed by atoms with Gasteiger partial charge < -0.3 is 14.4 Å². The average molecular weight is 520 g/mol. The average Bonchev–Trinajstić information content (AvgIpc) is 3.08. The molecule has 0 amide bonds. The number of benzene rings is 2. The summed E-state index contributed by atoms with van der Waals surface area (Å²) in [4.78, 5) is 2.86. The Balaban J connectivity index is 2.14. The predicted octanol–water partition coefficient (Wildman–Crippen LogP) is 5.86. The number of rotatable bonds is 7. The van der Waals surface area contributed by atoms with Crippen molar-refractivity contribution in [1.29, 1.82) is 0 Å². The minimum atomic E-state index is -0.538. The van der Waals surface area contributed by atoms with Gasteiger partial charge in [-0.05, 0) is 133 Å². The van der Waals surface area contributed by atoms with Crippen molar-refractivity contribution >= 4 is 34.5 Å². The van der Waals surface area contributed by atoms with E-state index >= 15 is 0 Å². The Bertz CT molecular complexity index is 855. The minimum Gasteiger partial charge on any atom is -0.496 e. The highest BCUT2D eigenvalue weighted by Gasteiger charge is 2.42. The second-order valence-electron chi connectivity index (χ2n) is 9.55. The smallest absolute Gasteiger partial charge is 0.124 e. The lowest BCUT2D eigenvalue weighted by Crippen LogP contribution is -2.37. The molecule has 1 saturated carbocycles. The van der Waals surface area contributed by atoms with E-state index in [1.807, 2.05) is 0 Å². The molecule has 4 atom stereocenters. The van der Waals surface area contributed by atoms with Crippen molar-refractivity contribution in [2.45, 2.75) is 64.0 Å². The van der Waals surface area contributed by atoms with Crippen LogP contribution in [0.1, 0.15) is 42.0 Å². The molecule has 0 aromatic heterocycles. The predicted molar refractivity (Wildman–Crippen MR) is 143 cm³/mol. The Kier molecular flexibility index (Phi) is 8.34. The van der Waals surface area contributed by atoms with E-state index in [9.17, 15) is 0 Å². The summed E-state index contributed by atoms with van der Waals surface area (Å²) >= 11 is 4.21. The first-order chi connectivity index (χ1) is 15.1. The molecule has 1 aliphatic carbocycles. The van der Waals surface area contributed by atoms with Crippen LogP contribution < -0.4 is 20.1 Å². The fraction of sp³-hybridized carbons (Fsp3) is 0.556. The normalized spacial score (nSPS) is 21.9. The number of halogens is 1. The number of hydrogen-bond acceptors (Lipinski definition) is 3. The van der Waals surface area contributed by atoms with E-state index < -0.39 is 7.92 Å². The summed E-state index contributed by atoms with van der Waals surface area (Å²) in [7, 11) is 7.41. The summed E-state index contributed by atoms with van der Waals surface area (Å²) in [5, 5.41) is 2.90. The Labute approximate surface area is 204 Å². The molecule has 0 spiro atoms. The number of aryl methyl sites for hydroxylation is 4. The van der Waals surface area contributed by atoms with Crippen LogP contribution in [-0.4, -0.2) is 49.7 Å². The summed E-state index contributed by atoms with van der Waals surface area (Å²) in [6.45, 7) is 11.1. The molecule has 0 bridgehead atoms. The maximum Gasteiger partial charge on any atom is 0.124 e. The SMILES string of the molecule is COc1c(C)cc(P(c2cc(C)c(OC)c(C)c2)C2CCC([C@@H](C)N(C)C)C2Br)cc1C. The topological polar surface area (TPSA) is 21.7 Å². The van der Waals surface area contributed by atoms with Crippen LogP contribution in [0.15, 0.2) is 24.3 Å². The molecule has 0 heterocycles. The molecular weight excluding hydrogens is 481 g/mol. The summed E-state index contributed by atoms with van der Waals surface area (Å²) in [5.74, 6) is 2.67. The summed E-state index contributed by atoms with van der Waals surface area (Å²) in [6.07, 6.45) is 2.51. The quantitative estimate of drug-likeness (QED) is 0.337. The van der Waals surface area contributed by atoms with Crippen LogP contribution >= 0.6 is 23.9 Å². The van der Waals surface area contributed by atoms with Crippen LogP contribution in [0.5, 0.6) is 11.5 Å². The van der Waals surface area contributed by atoms with Gasteiger partial charge in [-0.1, -0.05) is 15.9 Å². The zero-order chi connectivity index (χ0) is 23.7. The van der Waals surface area contributed by atoms with Crippen molar-refractivity contribution in [3.8, 4) is 11.5 Å². The van der Waals surface area contributed by atoms with Crippen LogP contribution in [0, 0.1) is 33.6 Å². The van der Waals surface area contributed by atoms with Crippen molar-refractivity contribution in [2.24, 2.45) is 5.92 Å².